The number of dihydropyridines is 1. The summed E-state index contributed by atoms with van der Waals surface area (Å²) in [7, 11) is 0. The van der Waals surface area contributed by atoms with E-state index in [-0.39, 0.29) is 18.3 Å². The molecular formula is C33H26ClN3O3S. The number of nitrogens with one attached hydrogen (secondary N) is 2. The van der Waals surface area contributed by atoms with Crippen LogP contribution in [0.3, 0.4) is 0 Å². The fraction of sp³-hybridized carbons (Fsp3) is 0.121. The highest BCUT2D eigenvalue weighted by molar-refractivity contribution is 8.03. The lowest BCUT2D eigenvalue weighted by Gasteiger charge is -2.29. The Balaban J connectivity index is 1.40. The molecule has 0 spiro atoms. The van der Waals surface area contributed by atoms with Gasteiger partial charge in [-0.05, 0) is 35.6 Å². The first-order chi connectivity index (χ1) is 20.0. The Kier molecular flexibility index (Phi) is 8.73. The van der Waals surface area contributed by atoms with Crippen LogP contribution in [0.1, 0.15) is 24.0 Å². The zero-order chi connectivity index (χ0) is 28.8. The van der Waals surface area contributed by atoms with Gasteiger partial charge in [-0.1, -0.05) is 108 Å². The molecule has 2 N–H and O–H groups in total. The van der Waals surface area contributed by atoms with E-state index in [1.54, 1.807) is 25.1 Å². The molecule has 0 saturated heterocycles. The number of nitrogens with zero attached hydrogens (tertiary/aromatic N) is 1. The van der Waals surface area contributed by atoms with Crippen molar-refractivity contribution in [3.05, 3.63) is 135 Å². The number of hydrogen-bond acceptors (Lipinski definition) is 6. The van der Waals surface area contributed by atoms with Gasteiger partial charge in [0.15, 0.2) is 0 Å². The van der Waals surface area contributed by atoms with E-state index < -0.39 is 11.9 Å². The number of benzene rings is 4. The number of carbonyl (C=O) groups excluding carboxylic acids is 2. The minimum Gasteiger partial charge on any atom is -0.457 e. The van der Waals surface area contributed by atoms with Gasteiger partial charge in [-0.15, -0.1) is 0 Å². The molecule has 8 heteroatoms. The van der Waals surface area contributed by atoms with Gasteiger partial charge in [0.2, 0.25) is 5.91 Å². The number of allylic oxidation sites excluding steroid dienone is 2. The van der Waals surface area contributed by atoms with Crippen LogP contribution in [0.2, 0.25) is 5.02 Å². The lowest BCUT2D eigenvalue weighted by Crippen LogP contribution is -2.29. The molecule has 1 amide bonds. The summed E-state index contributed by atoms with van der Waals surface area (Å²) in [5.74, 6) is -1.48. The summed E-state index contributed by atoms with van der Waals surface area (Å²) in [4.78, 5) is 26.5. The van der Waals surface area contributed by atoms with Crippen LogP contribution < -0.4 is 10.6 Å². The number of fused-ring (bicyclic) bond motifs is 1. The number of carbonyl (C=O) groups is 2. The van der Waals surface area contributed by atoms with Gasteiger partial charge in [0.05, 0.1) is 33.9 Å². The normalized spacial score (nSPS) is 14.8. The number of rotatable bonds is 8. The molecule has 6 nitrogen and oxygen atoms in total. The second-order valence-corrected chi connectivity index (χ2v) is 10.8. The molecule has 4 aromatic rings. The SMILES string of the molecule is CC1=C(C(=O)OCc2ccccc2)C(c2ccccc2Cl)C(C#N)=C(SCC(=O)Nc2cccc3ccccc23)N1. The molecule has 1 aliphatic rings. The second kappa shape index (κ2) is 12.8. The first-order valence-electron chi connectivity index (χ1n) is 12.9. The summed E-state index contributed by atoms with van der Waals surface area (Å²) in [6.07, 6.45) is 0. The molecule has 4 aromatic carbocycles. The maximum atomic E-state index is 13.5. The average Bonchev–Trinajstić information content (AvgIpc) is 2.99. The number of anilines is 1. The van der Waals surface area contributed by atoms with E-state index in [2.05, 4.69) is 16.7 Å². The summed E-state index contributed by atoms with van der Waals surface area (Å²) in [5.41, 5.74) is 3.30. The van der Waals surface area contributed by atoms with E-state index >= 15 is 0 Å². The molecule has 0 aromatic heterocycles. The zero-order valence-electron chi connectivity index (χ0n) is 22.2. The van der Waals surface area contributed by atoms with E-state index in [1.807, 2.05) is 78.9 Å². The Bertz CT molecular complexity index is 1720. The maximum absolute atomic E-state index is 13.5. The Labute approximate surface area is 247 Å². The number of thioether (sulfide) groups is 1. The van der Waals surface area contributed by atoms with Crippen molar-refractivity contribution in [2.24, 2.45) is 0 Å². The van der Waals surface area contributed by atoms with Crippen molar-refractivity contribution in [1.82, 2.24) is 5.32 Å². The van der Waals surface area contributed by atoms with Crippen LogP contribution in [0.15, 0.2) is 119 Å². The molecule has 0 fully saturated rings. The summed E-state index contributed by atoms with van der Waals surface area (Å²) in [6, 6.07) is 32.3. The Morgan fingerprint density at radius 3 is 2.46 bits per heavy atom. The number of ether oxygens (including phenoxy) is 1. The van der Waals surface area contributed by atoms with Crippen molar-refractivity contribution < 1.29 is 14.3 Å². The van der Waals surface area contributed by atoms with Crippen molar-refractivity contribution in [3.8, 4) is 6.07 Å². The van der Waals surface area contributed by atoms with Crippen LogP contribution in [0.4, 0.5) is 5.69 Å². The van der Waals surface area contributed by atoms with E-state index in [0.29, 0.717) is 38.1 Å². The van der Waals surface area contributed by atoms with Crippen LogP contribution in [0.25, 0.3) is 10.8 Å². The van der Waals surface area contributed by atoms with E-state index in [9.17, 15) is 14.9 Å². The largest absolute Gasteiger partial charge is 0.457 e. The van der Waals surface area contributed by atoms with E-state index in [4.69, 9.17) is 16.3 Å². The van der Waals surface area contributed by atoms with Crippen LogP contribution >= 0.6 is 23.4 Å². The van der Waals surface area contributed by atoms with Crippen molar-refractivity contribution in [3.63, 3.8) is 0 Å². The monoisotopic (exact) mass is 579 g/mol. The number of hydrogen-bond donors (Lipinski definition) is 2. The molecule has 204 valence electrons. The Morgan fingerprint density at radius 2 is 1.68 bits per heavy atom. The Morgan fingerprint density at radius 1 is 0.976 bits per heavy atom. The first-order valence-corrected chi connectivity index (χ1v) is 14.3. The standard InChI is InChI=1S/C33H26ClN3O3S/c1-21-30(33(39)40-19-22-10-3-2-4-11-22)31(25-15-7-8-16-27(25)34)26(18-35)32(36-21)41-20-29(38)37-28-17-9-13-23-12-5-6-14-24(23)28/h2-17,31,36H,19-20H2,1H3,(H,37,38). The zero-order valence-corrected chi connectivity index (χ0v) is 23.8. The van der Waals surface area contributed by atoms with Gasteiger partial charge >= 0.3 is 5.97 Å². The van der Waals surface area contributed by atoms with Crippen LogP contribution in [-0.4, -0.2) is 17.6 Å². The quantitative estimate of drug-likeness (QED) is 0.213. The fourth-order valence-corrected chi connectivity index (χ4v) is 5.91. The molecule has 5 rings (SSSR count). The molecule has 1 heterocycles. The van der Waals surface area contributed by atoms with Crippen LogP contribution in [0, 0.1) is 11.3 Å². The van der Waals surface area contributed by atoms with Crippen molar-refractivity contribution in [1.29, 1.82) is 5.26 Å². The van der Waals surface area contributed by atoms with Gasteiger partial charge in [0.25, 0.3) is 0 Å². The minimum absolute atomic E-state index is 0.0487. The van der Waals surface area contributed by atoms with Gasteiger partial charge in [0.1, 0.15) is 6.61 Å². The van der Waals surface area contributed by atoms with Gasteiger partial charge < -0.3 is 15.4 Å². The molecule has 0 bridgehead atoms. The smallest absolute Gasteiger partial charge is 0.337 e. The molecular weight excluding hydrogens is 554 g/mol. The predicted octanol–water partition coefficient (Wildman–Crippen LogP) is 7.30. The predicted molar refractivity (Wildman–Crippen MR) is 164 cm³/mol. The molecule has 41 heavy (non-hydrogen) atoms. The number of esters is 1. The summed E-state index contributed by atoms with van der Waals surface area (Å²) < 4.78 is 5.67. The van der Waals surface area contributed by atoms with Crippen molar-refractivity contribution >= 4 is 51.7 Å². The Hall–Kier alpha value is -4.51. The highest BCUT2D eigenvalue weighted by atomic mass is 35.5. The van der Waals surface area contributed by atoms with Crippen molar-refractivity contribution in [2.45, 2.75) is 19.4 Å². The molecule has 0 saturated carbocycles. The second-order valence-electron chi connectivity index (χ2n) is 9.40. The summed E-state index contributed by atoms with van der Waals surface area (Å²) in [6.45, 7) is 1.85. The van der Waals surface area contributed by atoms with E-state index in [0.717, 1.165) is 16.3 Å². The molecule has 1 atom stereocenters. The van der Waals surface area contributed by atoms with Crippen molar-refractivity contribution in [2.75, 3.05) is 11.1 Å². The first kappa shape index (κ1) is 28.0. The maximum Gasteiger partial charge on any atom is 0.337 e. The number of halogens is 1. The fourth-order valence-electron chi connectivity index (χ4n) is 4.78. The topological polar surface area (TPSA) is 91.2 Å². The third-order valence-corrected chi connectivity index (χ3v) is 8.07. The molecule has 1 aliphatic heterocycles. The number of amides is 1. The highest BCUT2D eigenvalue weighted by Crippen LogP contribution is 2.43. The average molecular weight is 580 g/mol. The summed E-state index contributed by atoms with van der Waals surface area (Å²) in [5, 5.41) is 19.4. The third-order valence-electron chi connectivity index (χ3n) is 6.71. The van der Waals surface area contributed by atoms with Crippen LogP contribution in [-0.2, 0) is 20.9 Å². The molecule has 1 unspecified atom stereocenters. The van der Waals surface area contributed by atoms with Crippen LogP contribution in [0.5, 0.6) is 0 Å². The molecule has 0 aliphatic carbocycles. The van der Waals surface area contributed by atoms with Gasteiger partial charge in [0, 0.05) is 21.8 Å². The lowest BCUT2D eigenvalue weighted by atomic mass is 9.82. The van der Waals surface area contributed by atoms with Gasteiger partial charge in [-0.3, -0.25) is 4.79 Å². The third kappa shape index (κ3) is 6.30. The molecule has 0 radical (unpaired) electrons. The van der Waals surface area contributed by atoms with Gasteiger partial charge in [-0.25, -0.2) is 4.79 Å². The van der Waals surface area contributed by atoms with E-state index in [1.165, 1.54) is 11.8 Å². The van der Waals surface area contributed by atoms with Gasteiger partial charge in [-0.2, -0.15) is 5.26 Å². The number of nitriles is 1. The summed E-state index contributed by atoms with van der Waals surface area (Å²) >= 11 is 7.79. The highest BCUT2D eigenvalue weighted by Gasteiger charge is 2.36. The lowest BCUT2D eigenvalue weighted by molar-refractivity contribution is -0.140. The minimum atomic E-state index is -0.762.